The van der Waals surface area contributed by atoms with Crippen LogP contribution in [0.1, 0.15) is 4.88 Å². The molecule has 0 spiro atoms. The van der Waals surface area contributed by atoms with Crippen LogP contribution in [0.4, 0.5) is 5.95 Å². The number of aromatic nitrogens is 2. The maximum atomic E-state index is 5.44. The number of rotatable bonds is 0. The van der Waals surface area contributed by atoms with Gasteiger partial charge in [-0.05, 0) is 6.92 Å². The van der Waals surface area contributed by atoms with Gasteiger partial charge in [-0.3, -0.25) is 0 Å². The van der Waals surface area contributed by atoms with Gasteiger partial charge in [0.1, 0.15) is 5.52 Å². The Morgan fingerprint density at radius 2 is 2.50 bits per heavy atom. The number of nitrogens with two attached hydrogens (primary N) is 1. The van der Waals surface area contributed by atoms with Gasteiger partial charge in [-0.15, -0.1) is 11.3 Å². The summed E-state index contributed by atoms with van der Waals surface area (Å²) in [5.41, 5.74) is 7.49. The quantitative estimate of drug-likeness (QED) is 0.602. The third-order valence-corrected chi connectivity index (χ3v) is 2.34. The van der Waals surface area contributed by atoms with E-state index in [0.717, 1.165) is 11.0 Å². The van der Waals surface area contributed by atoms with Gasteiger partial charge >= 0.3 is 0 Å². The zero-order chi connectivity index (χ0) is 7.14. The van der Waals surface area contributed by atoms with Crippen LogP contribution in [-0.4, -0.2) is 9.97 Å². The number of hydrogen-bond acceptors (Lipinski definition) is 3. The van der Waals surface area contributed by atoms with E-state index in [4.69, 9.17) is 5.73 Å². The van der Waals surface area contributed by atoms with Gasteiger partial charge in [-0.1, -0.05) is 0 Å². The van der Waals surface area contributed by atoms with Gasteiger partial charge in [0.15, 0.2) is 5.95 Å². The van der Waals surface area contributed by atoms with E-state index in [-0.39, 0.29) is 0 Å². The highest BCUT2D eigenvalue weighted by Crippen LogP contribution is 2.22. The Morgan fingerprint density at radius 1 is 1.70 bits per heavy atom. The van der Waals surface area contributed by atoms with Gasteiger partial charge in [-0.25, -0.2) is 4.98 Å². The second-order valence-electron chi connectivity index (χ2n) is 2.18. The number of fused-ring (bicyclic) bond motifs is 1. The molecule has 0 unspecified atom stereocenters. The molecule has 2 rings (SSSR count). The van der Waals surface area contributed by atoms with Crippen molar-refractivity contribution in [1.82, 2.24) is 9.97 Å². The third-order valence-electron chi connectivity index (χ3n) is 1.44. The van der Waals surface area contributed by atoms with E-state index in [1.807, 2.05) is 12.3 Å². The van der Waals surface area contributed by atoms with Crippen molar-refractivity contribution in [2.75, 3.05) is 5.73 Å². The standard InChI is InChI=1S/C6H7N3S/c1-3-5-4(2-10-3)8-6(7)9-5/h2H,1H3,(H3,7,8,9). The maximum Gasteiger partial charge on any atom is 0.198 e. The molecule has 3 nitrogen and oxygen atoms in total. The second kappa shape index (κ2) is 1.73. The summed E-state index contributed by atoms with van der Waals surface area (Å²) in [6.45, 7) is 2.04. The summed E-state index contributed by atoms with van der Waals surface area (Å²) < 4.78 is 0. The molecule has 0 aliphatic heterocycles. The van der Waals surface area contributed by atoms with E-state index in [2.05, 4.69) is 9.97 Å². The highest BCUT2D eigenvalue weighted by atomic mass is 32.1. The van der Waals surface area contributed by atoms with Crippen molar-refractivity contribution in [3.8, 4) is 0 Å². The Morgan fingerprint density at radius 3 is 3.20 bits per heavy atom. The maximum absolute atomic E-state index is 5.44. The minimum Gasteiger partial charge on any atom is -0.369 e. The van der Waals surface area contributed by atoms with Crippen LogP contribution in [0.3, 0.4) is 0 Å². The smallest absolute Gasteiger partial charge is 0.198 e. The number of imidazole rings is 1. The number of nitrogen functional groups attached to an aromatic ring is 1. The second-order valence-corrected chi connectivity index (χ2v) is 3.26. The lowest BCUT2D eigenvalue weighted by Gasteiger charge is -1.77. The van der Waals surface area contributed by atoms with Gasteiger partial charge in [0.05, 0.1) is 5.52 Å². The molecule has 3 N–H and O–H groups in total. The first-order valence-electron chi connectivity index (χ1n) is 2.96. The van der Waals surface area contributed by atoms with Crippen molar-refractivity contribution < 1.29 is 0 Å². The molecular weight excluding hydrogens is 146 g/mol. The predicted molar refractivity (Wildman–Crippen MR) is 43.1 cm³/mol. The summed E-state index contributed by atoms with van der Waals surface area (Å²) in [6.07, 6.45) is 0. The van der Waals surface area contributed by atoms with Gasteiger partial charge < -0.3 is 10.7 Å². The van der Waals surface area contributed by atoms with E-state index in [0.29, 0.717) is 5.95 Å². The van der Waals surface area contributed by atoms with E-state index >= 15 is 0 Å². The molecule has 0 saturated heterocycles. The topological polar surface area (TPSA) is 54.7 Å². The van der Waals surface area contributed by atoms with Crippen LogP contribution < -0.4 is 5.73 Å². The van der Waals surface area contributed by atoms with Crippen LogP contribution in [0.5, 0.6) is 0 Å². The number of aromatic amines is 1. The number of thiophene rings is 1. The molecule has 0 bridgehead atoms. The summed E-state index contributed by atoms with van der Waals surface area (Å²) in [4.78, 5) is 8.27. The van der Waals surface area contributed by atoms with Crippen molar-refractivity contribution in [2.24, 2.45) is 0 Å². The summed E-state index contributed by atoms with van der Waals surface area (Å²) in [6, 6.07) is 0. The Balaban J connectivity index is 2.90. The van der Waals surface area contributed by atoms with Crippen LogP contribution in [-0.2, 0) is 0 Å². The molecule has 2 aromatic rings. The Hall–Kier alpha value is -1.03. The van der Waals surface area contributed by atoms with E-state index in [1.54, 1.807) is 11.3 Å². The average molecular weight is 153 g/mol. The lowest BCUT2D eigenvalue weighted by molar-refractivity contribution is 1.35. The molecule has 10 heavy (non-hydrogen) atoms. The fourth-order valence-corrected chi connectivity index (χ4v) is 1.69. The SMILES string of the molecule is Cc1scc2[nH]c(N)nc12. The van der Waals surface area contributed by atoms with Gasteiger partial charge in [0.2, 0.25) is 0 Å². The van der Waals surface area contributed by atoms with Gasteiger partial charge in [0, 0.05) is 10.3 Å². The van der Waals surface area contributed by atoms with Crippen molar-refractivity contribution in [1.29, 1.82) is 0 Å². The number of hydrogen-bond donors (Lipinski definition) is 2. The molecular formula is C6H7N3S. The van der Waals surface area contributed by atoms with E-state index < -0.39 is 0 Å². The van der Waals surface area contributed by atoms with Crippen LogP contribution in [0.25, 0.3) is 11.0 Å². The summed E-state index contributed by atoms with van der Waals surface area (Å²) in [7, 11) is 0. The molecule has 0 saturated carbocycles. The molecule has 52 valence electrons. The summed E-state index contributed by atoms with van der Waals surface area (Å²) in [5.74, 6) is 0.501. The van der Waals surface area contributed by atoms with Crippen LogP contribution in [0, 0.1) is 6.92 Å². The number of H-pyrrole nitrogens is 1. The lowest BCUT2D eigenvalue weighted by atomic mass is 10.4. The molecule has 0 amide bonds. The molecule has 0 aliphatic carbocycles. The first-order valence-corrected chi connectivity index (χ1v) is 3.84. The number of nitrogens with one attached hydrogen (secondary N) is 1. The Labute approximate surface area is 61.9 Å². The molecule has 2 aromatic heterocycles. The van der Waals surface area contributed by atoms with Crippen molar-refractivity contribution in [2.45, 2.75) is 6.92 Å². The first-order chi connectivity index (χ1) is 4.77. The number of anilines is 1. The summed E-state index contributed by atoms with van der Waals surface area (Å²) in [5, 5.41) is 2.02. The van der Waals surface area contributed by atoms with E-state index in [9.17, 15) is 0 Å². The molecule has 0 aliphatic rings. The highest BCUT2D eigenvalue weighted by Gasteiger charge is 2.02. The fraction of sp³-hybridized carbons (Fsp3) is 0.167. The molecule has 0 atom stereocenters. The van der Waals surface area contributed by atoms with Crippen molar-refractivity contribution >= 4 is 28.3 Å². The number of nitrogens with zero attached hydrogens (tertiary/aromatic N) is 1. The zero-order valence-electron chi connectivity index (χ0n) is 5.51. The highest BCUT2D eigenvalue weighted by molar-refractivity contribution is 7.11. The van der Waals surface area contributed by atoms with Crippen LogP contribution in [0.2, 0.25) is 0 Å². The minimum atomic E-state index is 0.501. The minimum absolute atomic E-state index is 0.501. The predicted octanol–water partition coefficient (Wildman–Crippen LogP) is 1.52. The normalized spacial score (nSPS) is 10.9. The average Bonchev–Trinajstić information content (AvgIpc) is 2.35. The van der Waals surface area contributed by atoms with Crippen molar-refractivity contribution in [3.63, 3.8) is 0 Å². The number of aryl methyl sites for hydroxylation is 1. The van der Waals surface area contributed by atoms with E-state index in [1.165, 1.54) is 4.88 Å². The lowest BCUT2D eigenvalue weighted by Crippen LogP contribution is -1.84. The monoisotopic (exact) mass is 153 g/mol. The van der Waals surface area contributed by atoms with Crippen molar-refractivity contribution in [3.05, 3.63) is 10.3 Å². The molecule has 0 radical (unpaired) electrons. The fourth-order valence-electron chi connectivity index (χ4n) is 0.963. The van der Waals surface area contributed by atoms with Gasteiger partial charge in [0.25, 0.3) is 0 Å². The third kappa shape index (κ3) is 0.623. The zero-order valence-corrected chi connectivity index (χ0v) is 6.33. The van der Waals surface area contributed by atoms with Gasteiger partial charge in [-0.2, -0.15) is 0 Å². The van der Waals surface area contributed by atoms with Crippen LogP contribution in [0.15, 0.2) is 5.38 Å². The first kappa shape index (κ1) is 5.73. The molecule has 0 aromatic carbocycles. The molecule has 2 heterocycles. The van der Waals surface area contributed by atoms with Crippen LogP contribution >= 0.6 is 11.3 Å². The Kier molecular flexibility index (Phi) is 0.990. The molecule has 0 fully saturated rings. The molecule has 4 heteroatoms. The Bertz CT molecular complexity index is 360. The summed E-state index contributed by atoms with van der Waals surface area (Å²) >= 11 is 1.68. The largest absolute Gasteiger partial charge is 0.369 e.